The number of aromatic hydroxyl groups is 1. The topological polar surface area (TPSA) is 64.3 Å². The van der Waals surface area contributed by atoms with Crippen LogP contribution in [-0.4, -0.2) is 28.5 Å². The summed E-state index contributed by atoms with van der Waals surface area (Å²) in [5, 5.41) is 18.3. The molecule has 4 heteroatoms. The minimum atomic E-state index is -0.227. The molecule has 0 unspecified atom stereocenters. The quantitative estimate of drug-likeness (QED) is 0.811. The van der Waals surface area contributed by atoms with Crippen LogP contribution in [0.2, 0.25) is 0 Å². The molecule has 17 heavy (non-hydrogen) atoms. The van der Waals surface area contributed by atoms with Crippen LogP contribution in [0.25, 0.3) is 0 Å². The number of nitriles is 1. The zero-order valence-electron chi connectivity index (χ0n) is 10.3. The number of benzene rings is 1. The van der Waals surface area contributed by atoms with Gasteiger partial charge in [-0.1, -0.05) is 6.07 Å². The number of carbonyl (C=O) groups excluding carboxylic acids is 1. The molecule has 0 aliphatic rings. The van der Waals surface area contributed by atoms with Gasteiger partial charge >= 0.3 is 0 Å². The lowest BCUT2D eigenvalue weighted by Gasteiger charge is -2.24. The number of rotatable bonds is 3. The van der Waals surface area contributed by atoms with E-state index in [1.807, 2.05) is 19.9 Å². The first kappa shape index (κ1) is 13.0. The first-order valence-electron chi connectivity index (χ1n) is 5.45. The van der Waals surface area contributed by atoms with Gasteiger partial charge < -0.3 is 10.0 Å². The van der Waals surface area contributed by atoms with Crippen molar-refractivity contribution in [3.05, 3.63) is 29.3 Å². The summed E-state index contributed by atoms with van der Waals surface area (Å²) in [7, 11) is 0. The van der Waals surface area contributed by atoms with Crippen LogP contribution in [0.1, 0.15) is 29.8 Å². The van der Waals surface area contributed by atoms with Gasteiger partial charge in [-0.3, -0.25) is 4.79 Å². The number of amides is 1. The molecule has 1 aromatic rings. The van der Waals surface area contributed by atoms with Crippen molar-refractivity contribution in [2.45, 2.75) is 26.8 Å². The summed E-state index contributed by atoms with van der Waals surface area (Å²) >= 11 is 0. The molecule has 0 spiro atoms. The third-order valence-electron chi connectivity index (χ3n) is 2.66. The summed E-state index contributed by atoms with van der Waals surface area (Å²) in [6.45, 7) is 5.44. The molecule has 0 saturated heterocycles. The van der Waals surface area contributed by atoms with Crippen molar-refractivity contribution in [1.82, 2.24) is 4.90 Å². The summed E-state index contributed by atoms with van der Waals surface area (Å²) in [4.78, 5) is 13.7. The Hall–Kier alpha value is -2.02. The summed E-state index contributed by atoms with van der Waals surface area (Å²) in [5.74, 6) is -0.133. The van der Waals surface area contributed by atoms with E-state index in [1.165, 1.54) is 11.0 Å². The third kappa shape index (κ3) is 2.76. The van der Waals surface area contributed by atoms with Crippen LogP contribution in [0.4, 0.5) is 0 Å². The van der Waals surface area contributed by atoms with Gasteiger partial charge in [-0.05, 0) is 32.9 Å². The fourth-order valence-electron chi connectivity index (χ4n) is 1.57. The van der Waals surface area contributed by atoms with E-state index in [0.717, 1.165) is 0 Å². The molecule has 0 atom stereocenters. The average Bonchev–Trinajstić information content (AvgIpc) is 2.28. The predicted octanol–water partition coefficient (Wildman–Crippen LogP) is 2.07. The van der Waals surface area contributed by atoms with Gasteiger partial charge in [0.05, 0.1) is 6.07 Å². The molecule has 0 aliphatic carbocycles. The van der Waals surface area contributed by atoms with Crippen molar-refractivity contribution in [3.8, 4) is 11.8 Å². The van der Waals surface area contributed by atoms with Gasteiger partial charge in [0.15, 0.2) is 0 Å². The van der Waals surface area contributed by atoms with Gasteiger partial charge in [0.1, 0.15) is 12.3 Å². The van der Waals surface area contributed by atoms with E-state index < -0.39 is 0 Å². The maximum Gasteiger partial charge on any atom is 0.255 e. The van der Waals surface area contributed by atoms with Gasteiger partial charge in [-0.15, -0.1) is 0 Å². The summed E-state index contributed by atoms with van der Waals surface area (Å²) in [5.41, 5.74) is 0.982. The van der Waals surface area contributed by atoms with E-state index in [4.69, 9.17) is 5.26 Å². The molecule has 0 aromatic heterocycles. The Morgan fingerprint density at radius 2 is 2.18 bits per heavy atom. The van der Waals surface area contributed by atoms with E-state index >= 15 is 0 Å². The molecule has 1 rings (SSSR count). The van der Waals surface area contributed by atoms with Crippen molar-refractivity contribution in [2.75, 3.05) is 6.54 Å². The SMILES string of the molecule is Cc1c(O)cccc1C(=O)N(CC#N)C(C)C. The number of phenolic OH excluding ortho intramolecular Hbond substituents is 1. The van der Waals surface area contributed by atoms with Gasteiger partial charge in [-0.25, -0.2) is 0 Å². The van der Waals surface area contributed by atoms with Crippen LogP contribution < -0.4 is 0 Å². The highest BCUT2D eigenvalue weighted by Crippen LogP contribution is 2.21. The maximum atomic E-state index is 12.2. The lowest BCUT2D eigenvalue weighted by molar-refractivity contribution is 0.0730. The van der Waals surface area contributed by atoms with Crippen molar-refractivity contribution in [2.24, 2.45) is 0 Å². The molecule has 0 bridgehead atoms. The molecule has 0 radical (unpaired) electrons. The molecule has 1 aromatic carbocycles. The Bertz CT molecular complexity index is 461. The van der Waals surface area contributed by atoms with Crippen LogP contribution in [0.3, 0.4) is 0 Å². The summed E-state index contributed by atoms with van der Waals surface area (Å²) in [6, 6.07) is 6.74. The molecule has 4 nitrogen and oxygen atoms in total. The molecule has 0 aliphatic heterocycles. The van der Waals surface area contributed by atoms with E-state index in [2.05, 4.69) is 0 Å². The summed E-state index contributed by atoms with van der Waals surface area (Å²) in [6.07, 6.45) is 0. The van der Waals surface area contributed by atoms with Gasteiger partial charge in [-0.2, -0.15) is 5.26 Å². The molecule has 90 valence electrons. The lowest BCUT2D eigenvalue weighted by atomic mass is 10.1. The minimum Gasteiger partial charge on any atom is -0.508 e. The van der Waals surface area contributed by atoms with Gasteiger partial charge in [0, 0.05) is 17.2 Å². The second kappa shape index (κ2) is 5.35. The Kier molecular flexibility index (Phi) is 4.11. The van der Waals surface area contributed by atoms with Crippen LogP contribution in [0.5, 0.6) is 5.75 Å². The van der Waals surface area contributed by atoms with E-state index in [9.17, 15) is 9.90 Å². The highest BCUT2D eigenvalue weighted by molar-refractivity contribution is 5.96. The largest absolute Gasteiger partial charge is 0.508 e. The van der Waals surface area contributed by atoms with Gasteiger partial charge in [0.2, 0.25) is 0 Å². The van der Waals surface area contributed by atoms with E-state index in [-0.39, 0.29) is 24.2 Å². The molecule has 0 saturated carbocycles. The predicted molar refractivity (Wildman–Crippen MR) is 64.6 cm³/mol. The molecular formula is C13H16N2O2. The smallest absolute Gasteiger partial charge is 0.255 e. The normalized spacial score (nSPS) is 10.1. The molecule has 0 fully saturated rings. The molecule has 0 heterocycles. The molecule has 1 amide bonds. The maximum absolute atomic E-state index is 12.2. The van der Waals surface area contributed by atoms with E-state index in [0.29, 0.717) is 11.1 Å². The zero-order chi connectivity index (χ0) is 13.0. The Balaban J connectivity index is 3.11. The fourth-order valence-corrected chi connectivity index (χ4v) is 1.57. The molecule has 1 N–H and O–H groups in total. The number of hydrogen-bond acceptors (Lipinski definition) is 3. The Morgan fingerprint density at radius 1 is 1.53 bits per heavy atom. The molecular weight excluding hydrogens is 216 g/mol. The van der Waals surface area contributed by atoms with Crippen LogP contribution in [-0.2, 0) is 0 Å². The first-order valence-corrected chi connectivity index (χ1v) is 5.45. The van der Waals surface area contributed by atoms with Gasteiger partial charge in [0.25, 0.3) is 5.91 Å². The van der Waals surface area contributed by atoms with Crippen LogP contribution in [0, 0.1) is 18.3 Å². The first-order chi connectivity index (χ1) is 7.99. The zero-order valence-corrected chi connectivity index (χ0v) is 10.3. The Morgan fingerprint density at radius 3 is 2.71 bits per heavy atom. The van der Waals surface area contributed by atoms with Crippen molar-refractivity contribution in [3.63, 3.8) is 0 Å². The standard InChI is InChI=1S/C13H16N2O2/c1-9(2)15(8-7-14)13(17)11-5-4-6-12(16)10(11)3/h4-6,9,16H,8H2,1-3H3. The fraction of sp³-hybridized carbons (Fsp3) is 0.385. The van der Waals surface area contributed by atoms with Crippen LogP contribution in [0.15, 0.2) is 18.2 Å². The minimum absolute atomic E-state index is 0.0472. The second-order valence-corrected chi connectivity index (χ2v) is 4.13. The van der Waals surface area contributed by atoms with Crippen LogP contribution >= 0.6 is 0 Å². The van der Waals surface area contributed by atoms with E-state index in [1.54, 1.807) is 19.1 Å². The average molecular weight is 232 g/mol. The second-order valence-electron chi connectivity index (χ2n) is 4.13. The Labute approximate surface area is 101 Å². The van der Waals surface area contributed by atoms with Crippen molar-refractivity contribution < 1.29 is 9.90 Å². The highest BCUT2D eigenvalue weighted by atomic mass is 16.3. The number of hydrogen-bond donors (Lipinski definition) is 1. The number of phenols is 1. The lowest BCUT2D eigenvalue weighted by Crippen LogP contribution is -2.37. The number of nitrogens with zero attached hydrogens (tertiary/aromatic N) is 2. The third-order valence-corrected chi connectivity index (χ3v) is 2.66. The number of carbonyl (C=O) groups is 1. The monoisotopic (exact) mass is 232 g/mol. The van der Waals surface area contributed by atoms with Crippen molar-refractivity contribution in [1.29, 1.82) is 5.26 Å². The highest BCUT2D eigenvalue weighted by Gasteiger charge is 2.20. The van der Waals surface area contributed by atoms with Crippen molar-refractivity contribution >= 4 is 5.91 Å². The summed E-state index contributed by atoms with van der Waals surface area (Å²) < 4.78 is 0.